The van der Waals surface area contributed by atoms with Crippen LogP contribution in [-0.2, 0) is 0 Å². The summed E-state index contributed by atoms with van der Waals surface area (Å²) in [6.45, 7) is 8.62. The molecule has 1 radical (unpaired) electrons. The van der Waals surface area contributed by atoms with Gasteiger partial charge in [0.05, 0.1) is 0 Å². The van der Waals surface area contributed by atoms with Gasteiger partial charge >= 0.3 is 0 Å². The molecule has 0 aromatic rings. The lowest BCUT2D eigenvalue weighted by Gasteiger charge is -2.07. The van der Waals surface area contributed by atoms with Gasteiger partial charge in [-0.15, -0.1) is 0 Å². The van der Waals surface area contributed by atoms with E-state index < -0.39 is 0 Å². The molecule has 145 valence electrons. The second-order valence-electron chi connectivity index (χ2n) is 8.19. The maximum Gasteiger partial charge on any atom is -0.0443 e. The molecule has 0 fully saturated rings. The molecule has 0 heteroatoms. The third kappa shape index (κ3) is 20.0. The zero-order chi connectivity index (χ0) is 17.7. The minimum absolute atomic E-state index is 0.839. The molecule has 0 aromatic carbocycles. The van der Waals surface area contributed by atoms with Crippen molar-refractivity contribution < 1.29 is 0 Å². The molecule has 0 aliphatic heterocycles. The van der Waals surface area contributed by atoms with Crippen molar-refractivity contribution in [3.05, 3.63) is 6.92 Å². The Bertz CT molecular complexity index is 208. The maximum absolute atomic E-state index is 3.98. The first-order chi connectivity index (χ1) is 11.8. The van der Waals surface area contributed by atoms with Crippen LogP contribution in [0.25, 0.3) is 0 Å². The number of rotatable bonds is 20. The summed E-state index contributed by atoms with van der Waals surface area (Å²) in [7, 11) is 0. The summed E-state index contributed by atoms with van der Waals surface area (Å²) in [5.74, 6) is 0.839. The van der Waals surface area contributed by atoms with Crippen LogP contribution < -0.4 is 0 Å². The Balaban J connectivity index is 2.98. The van der Waals surface area contributed by atoms with E-state index in [0.717, 1.165) is 12.3 Å². The Morgan fingerprint density at radius 2 is 0.792 bits per heavy atom. The first-order valence-electron chi connectivity index (χ1n) is 11.6. The Morgan fingerprint density at radius 1 is 0.500 bits per heavy atom. The van der Waals surface area contributed by atoms with Crippen LogP contribution in [0.4, 0.5) is 0 Å². The van der Waals surface area contributed by atoms with Crippen LogP contribution in [-0.4, -0.2) is 0 Å². The summed E-state index contributed by atoms with van der Waals surface area (Å²) in [6, 6.07) is 0. The lowest BCUT2D eigenvalue weighted by atomic mass is 9.99. The van der Waals surface area contributed by atoms with Crippen molar-refractivity contribution in [2.75, 3.05) is 0 Å². The Kier molecular flexibility index (Phi) is 21.0. The molecule has 0 bridgehead atoms. The zero-order valence-electron chi connectivity index (χ0n) is 17.4. The van der Waals surface area contributed by atoms with E-state index in [1.165, 1.54) is 122 Å². The van der Waals surface area contributed by atoms with Crippen LogP contribution in [0, 0.1) is 12.8 Å². The summed E-state index contributed by atoms with van der Waals surface area (Å²) in [5, 5.41) is 0. The van der Waals surface area contributed by atoms with Gasteiger partial charge in [-0.1, -0.05) is 149 Å². The van der Waals surface area contributed by atoms with E-state index in [-0.39, 0.29) is 0 Å². The van der Waals surface area contributed by atoms with E-state index in [9.17, 15) is 0 Å². The Hall–Kier alpha value is 0. The normalized spacial score (nSPS) is 12.6. The van der Waals surface area contributed by atoms with Crippen LogP contribution in [0.5, 0.6) is 0 Å². The highest BCUT2D eigenvalue weighted by Crippen LogP contribution is 2.16. The van der Waals surface area contributed by atoms with Gasteiger partial charge in [-0.25, -0.2) is 0 Å². The molecule has 1 atom stereocenters. The van der Waals surface area contributed by atoms with E-state index >= 15 is 0 Å². The summed E-state index contributed by atoms with van der Waals surface area (Å²) >= 11 is 0. The number of hydrogen-bond acceptors (Lipinski definition) is 0. The van der Waals surface area contributed by atoms with E-state index in [4.69, 9.17) is 0 Å². The third-order valence-corrected chi connectivity index (χ3v) is 5.54. The zero-order valence-corrected chi connectivity index (χ0v) is 17.4. The molecular weight excluding hydrogens is 288 g/mol. The van der Waals surface area contributed by atoms with Crippen LogP contribution in [0.2, 0.25) is 0 Å². The predicted octanol–water partition coefficient (Wildman–Crippen LogP) is 9.28. The van der Waals surface area contributed by atoms with Gasteiger partial charge in [0.25, 0.3) is 0 Å². The minimum Gasteiger partial charge on any atom is -0.0654 e. The SMILES string of the molecule is [CH2]CC(C)CCCCCCCCCCCCCCCCCCCC. The van der Waals surface area contributed by atoms with Crippen molar-refractivity contribution in [2.24, 2.45) is 5.92 Å². The maximum atomic E-state index is 3.98. The van der Waals surface area contributed by atoms with E-state index in [2.05, 4.69) is 20.8 Å². The standard InChI is InChI=1S/C24H49/c1-4-6-7-8-9-10-11-12-13-14-15-16-17-18-19-20-21-22-23-24(3)5-2/h24H,2,4-23H2,1,3H3. The lowest BCUT2D eigenvalue weighted by molar-refractivity contribution is 0.481. The van der Waals surface area contributed by atoms with Crippen LogP contribution in [0.3, 0.4) is 0 Å². The van der Waals surface area contributed by atoms with Gasteiger partial charge < -0.3 is 0 Å². The fraction of sp³-hybridized carbons (Fsp3) is 0.958. The van der Waals surface area contributed by atoms with Crippen LogP contribution in [0.1, 0.15) is 142 Å². The first kappa shape index (κ1) is 24.0. The van der Waals surface area contributed by atoms with Crippen molar-refractivity contribution in [3.8, 4) is 0 Å². The molecule has 0 aromatic heterocycles. The monoisotopic (exact) mass is 337 g/mol. The van der Waals surface area contributed by atoms with Gasteiger partial charge in [0.2, 0.25) is 0 Å². The molecule has 0 N–H and O–H groups in total. The second kappa shape index (κ2) is 21.0. The molecule has 0 nitrogen and oxygen atoms in total. The molecule has 0 saturated carbocycles. The lowest BCUT2D eigenvalue weighted by Crippen LogP contribution is -1.91. The van der Waals surface area contributed by atoms with E-state index in [1.807, 2.05) is 0 Å². The number of hydrogen-bond donors (Lipinski definition) is 0. The van der Waals surface area contributed by atoms with E-state index in [1.54, 1.807) is 0 Å². The highest BCUT2D eigenvalue weighted by Gasteiger charge is 1.98. The predicted molar refractivity (Wildman–Crippen MR) is 113 cm³/mol. The van der Waals surface area contributed by atoms with E-state index in [0.29, 0.717) is 0 Å². The van der Waals surface area contributed by atoms with Crippen molar-refractivity contribution in [1.82, 2.24) is 0 Å². The average Bonchev–Trinajstić information content (AvgIpc) is 2.60. The molecule has 0 heterocycles. The smallest absolute Gasteiger partial charge is 0.0443 e. The molecule has 0 aliphatic rings. The molecule has 0 aliphatic carbocycles. The summed E-state index contributed by atoms with van der Waals surface area (Å²) in [6.07, 6.45) is 28.9. The molecule has 0 amide bonds. The quantitative estimate of drug-likeness (QED) is 0.194. The first-order valence-corrected chi connectivity index (χ1v) is 11.6. The van der Waals surface area contributed by atoms with Gasteiger partial charge in [-0.3, -0.25) is 0 Å². The molecule has 0 spiro atoms. The van der Waals surface area contributed by atoms with Gasteiger partial charge in [0.1, 0.15) is 0 Å². The van der Waals surface area contributed by atoms with Gasteiger partial charge in [-0.05, 0) is 5.92 Å². The minimum atomic E-state index is 0.839. The highest BCUT2D eigenvalue weighted by molar-refractivity contribution is 4.55. The Morgan fingerprint density at radius 3 is 1.08 bits per heavy atom. The fourth-order valence-corrected chi connectivity index (χ4v) is 3.54. The van der Waals surface area contributed by atoms with Crippen LogP contribution in [0.15, 0.2) is 0 Å². The second-order valence-corrected chi connectivity index (χ2v) is 8.19. The topological polar surface area (TPSA) is 0 Å². The third-order valence-electron chi connectivity index (χ3n) is 5.54. The average molecular weight is 338 g/mol. The van der Waals surface area contributed by atoms with Gasteiger partial charge in [-0.2, -0.15) is 0 Å². The van der Waals surface area contributed by atoms with Gasteiger partial charge in [0, 0.05) is 0 Å². The van der Waals surface area contributed by atoms with Gasteiger partial charge in [0.15, 0.2) is 0 Å². The molecule has 1 unspecified atom stereocenters. The summed E-state index contributed by atoms with van der Waals surface area (Å²) < 4.78 is 0. The van der Waals surface area contributed by atoms with Crippen molar-refractivity contribution in [2.45, 2.75) is 142 Å². The largest absolute Gasteiger partial charge is 0.0654 e. The van der Waals surface area contributed by atoms with Crippen molar-refractivity contribution >= 4 is 0 Å². The number of unbranched alkanes of at least 4 members (excludes halogenated alkanes) is 17. The molecular formula is C24H49. The molecule has 0 saturated heterocycles. The summed E-state index contributed by atoms with van der Waals surface area (Å²) in [4.78, 5) is 0. The van der Waals surface area contributed by atoms with Crippen molar-refractivity contribution in [3.63, 3.8) is 0 Å². The van der Waals surface area contributed by atoms with Crippen molar-refractivity contribution in [1.29, 1.82) is 0 Å². The fourth-order valence-electron chi connectivity index (χ4n) is 3.54. The molecule has 24 heavy (non-hydrogen) atoms. The highest BCUT2D eigenvalue weighted by atomic mass is 14.0. The van der Waals surface area contributed by atoms with Crippen LogP contribution >= 0.6 is 0 Å². The Labute approximate surface area is 155 Å². The summed E-state index contributed by atoms with van der Waals surface area (Å²) in [5.41, 5.74) is 0. The molecule has 0 rings (SSSR count).